The molecule has 0 spiro atoms. The molecule has 1 aromatic heterocycles. The maximum absolute atomic E-state index is 12.7. The smallest absolute Gasteiger partial charge is 0.244 e. The molecule has 2 fully saturated rings. The lowest BCUT2D eigenvalue weighted by molar-refractivity contribution is 0.339. The van der Waals surface area contributed by atoms with E-state index < -0.39 is 10.0 Å². The molecule has 3 heterocycles. The number of hydrogen-bond donors (Lipinski definition) is 1. The van der Waals surface area contributed by atoms with E-state index in [2.05, 4.69) is 5.32 Å². The Bertz CT molecular complexity index is 565. The Hall–Kier alpha value is -0.430. The first kappa shape index (κ1) is 13.5. The van der Waals surface area contributed by atoms with Gasteiger partial charge < -0.3 is 5.32 Å². The van der Waals surface area contributed by atoms with Gasteiger partial charge in [0.25, 0.3) is 0 Å². The fourth-order valence-electron chi connectivity index (χ4n) is 3.21. The molecule has 2 atom stereocenters. The van der Waals surface area contributed by atoms with E-state index in [0.29, 0.717) is 29.9 Å². The Labute approximate surface area is 118 Å². The fourth-order valence-corrected chi connectivity index (χ4v) is 6.25. The second-order valence-corrected chi connectivity index (χ2v) is 8.93. The number of rotatable bonds is 2. The number of thiophene rings is 1. The molecule has 2 unspecified atom stereocenters. The molecule has 106 valence electrons. The monoisotopic (exact) mass is 300 g/mol. The Morgan fingerprint density at radius 3 is 2.79 bits per heavy atom. The number of hydrogen-bond acceptors (Lipinski definition) is 4. The standard InChI is InChI=1S/C13H20N2O2S2/c1-9-6-13(10(2)18-9)19(16,17)15-7-11-4-3-5-14-12(11)8-15/h6,11-12,14H,3-5,7-8H2,1-2H3. The van der Waals surface area contributed by atoms with Gasteiger partial charge in [-0.2, -0.15) is 4.31 Å². The van der Waals surface area contributed by atoms with Crippen LogP contribution in [0.1, 0.15) is 22.6 Å². The zero-order valence-electron chi connectivity index (χ0n) is 11.3. The van der Waals surface area contributed by atoms with Crippen LogP contribution < -0.4 is 5.32 Å². The van der Waals surface area contributed by atoms with E-state index in [1.165, 1.54) is 0 Å². The molecule has 0 aliphatic carbocycles. The highest BCUT2D eigenvalue weighted by molar-refractivity contribution is 7.89. The maximum Gasteiger partial charge on any atom is 0.244 e. The van der Waals surface area contributed by atoms with Crippen LogP contribution in [-0.2, 0) is 10.0 Å². The first-order valence-electron chi connectivity index (χ1n) is 6.79. The Morgan fingerprint density at radius 2 is 2.16 bits per heavy atom. The molecule has 0 saturated carbocycles. The molecule has 3 rings (SSSR count). The second kappa shape index (κ2) is 4.84. The van der Waals surface area contributed by atoms with Crippen molar-refractivity contribution in [1.29, 1.82) is 0 Å². The lowest BCUT2D eigenvalue weighted by Gasteiger charge is -2.24. The molecule has 19 heavy (non-hydrogen) atoms. The quantitative estimate of drug-likeness (QED) is 0.905. The maximum atomic E-state index is 12.7. The number of fused-ring (bicyclic) bond motifs is 1. The topological polar surface area (TPSA) is 49.4 Å². The number of nitrogens with one attached hydrogen (secondary N) is 1. The van der Waals surface area contributed by atoms with E-state index >= 15 is 0 Å². The predicted octanol–water partition coefficient (Wildman–Crippen LogP) is 1.74. The van der Waals surface area contributed by atoms with Gasteiger partial charge in [0.05, 0.1) is 4.90 Å². The first-order valence-corrected chi connectivity index (χ1v) is 9.04. The summed E-state index contributed by atoms with van der Waals surface area (Å²) < 4.78 is 27.1. The predicted molar refractivity (Wildman–Crippen MR) is 77.1 cm³/mol. The first-order chi connectivity index (χ1) is 8.98. The van der Waals surface area contributed by atoms with Crippen molar-refractivity contribution in [3.63, 3.8) is 0 Å². The van der Waals surface area contributed by atoms with Crippen molar-refractivity contribution in [2.75, 3.05) is 19.6 Å². The molecule has 6 heteroatoms. The average molecular weight is 300 g/mol. The fraction of sp³-hybridized carbons (Fsp3) is 0.692. The molecule has 1 N–H and O–H groups in total. The minimum atomic E-state index is -3.30. The number of sulfonamides is 1. The minimum absolute atomic E-state index is 0.351. The molecule has 2 saturated heterocycles. The van der Waals surface area contributed by atoms with Gasteiger partial charge in [-0.1, -0.05) is 0 Å². The van der Waals surface area contributed by atoms with Crippen molar-refractivity contribution in [3.8, 4) is 0 Å². The minimum Gasteiger partial charge on any atom is -0.312 e. The lowest BCUT2D eigenvalue weighted by Crippen LogP contribution is -2.41. The van der Waals surface area contributed by atoms with Crippen LogP contribution in [0.5, 0.6) is 0 Å². The third kappa shape index (κ3) is 2.35. The van der Waals surface area contributed by atoms with Crippen molar-refractivity contribution in [2.45, 2.75) is 37.6 Å². The third-order valence-corrected chi connectivity index (χ3v) is 7.23. The van der Waals surface area contributed by atoms with E-state index in [4.69, 9.17) is 0 Å². The summed E-state index contributed by atoms with van der Waals surface area (Å²) in [5, 5.41) is 3.45. The van der Waals surface area contributed by atoms with Crippen LogP contribution in [0.4, 0.5) is 0 Å². The summed E-state index contributed by atoms with van der Waals surface area (Å²) in [6.07, 6.45) is 2.30. The van der Waals surface area contributed by atoms with Crippen molar-refractivity contribution < 1.29 is 8.42 Å². The molecule has 0 radical (unpaired) electrons. The summed E-state index contributed by atoms with van der Waals surface area (Å²) in [5.41, 5.74) is 0. The Morgan fingerprint density at radius 1 is 1.37 bits per heavy atom. The van der Waals surface area contributed by atoms with Gasteiger partial charge in [0.1, 0.15) is 0 Å². The molecule has 0 aromatic carbocycles. The highest BCUT2D eigenvalue weighted by Crippen LogP contribution is 2.32. The van der Waals surface area contributed by atoms with Gasteiger partial charge in [-0.3, -0.25) is 0 Å². The lowest BCUT2D eigenvalue weighted by atomic mass is 9.94. The molecule has 0 bridgehead atoms. The van der Waals surface area contributed by atoms with Crippen LogP contribution in [0.25, 0.3) is 0 Å². The van der Waals surface area contributed by atoms with E-state index in [9.17, 15) is 8.42 Å². The molecule has 2 aliphatic heterocycles. The van der Waals surface area contributed by atoms with E-state index in [1.807, 2.05) is 19.9 Å². The van der Waals surface area contributed by atoms with Gasteiger partial charge in [-0.25, -0.2) is 8.42 Å². The van der Waals surface area contributed by atoms with Gasteiger partial charge in [0.15, 0.2) is 0 Å². The number of aryl methyl sites for hydroxylation is 2. The molecule has 1 aromatic rings. The Balaban J connectivity index is 1.87. The third-order valence-electron chi connectivity index (χ3n) is 4.18. The van der Waals surface area contributed by atoms with Crippen molar-refractivity contribution in [1.82, 2.24) is 9.62 Å². The molecule has 0 amide bonds. The zero-order chi connectivity index (χ0) is 13.6. The van der Waals surface area contributed by atoms with Gasteiger partial charge in [0, 0.05) is 28.9 Å². The highest BCUT2D eigenvalue weighted by atomic mass is 32.2. The van der Waals surface area contributed by atoms with Gasteiger partial charge in [-0.05, 0) is 45.2 Å². The van der Waals surface area contributed by atoms with Crippen molar-refractivity contribution >= 4 is 21.4 Å². The van der Waals surface area contributed by atoms with E-state index in [1.54, 1.807) is 15.6 Å². The molecular formula is C13H20N2O2S2. The van der Waals surface area contributed by atoms with Gasteiger partial charge in [-0.15, -0.1) is 11.3 Å². The van der Waals surface area contributed by atoms with E-state index in [0.717, 1.165) is 29.1 Å². The molecular weight excluding hydrogens is 280 g/mol. The summed E-state index contributed by atoms with van der Waals surface area (Å²) in [7, 11) is -3.30. The SMILES string of the molecule is Cc1cc(S(=O)(=O)N2CC3CCCNC3C2)c(C)s1. The molecule has 2 aliphatic rings. The largest absolute Gasteiger partial charge is 0.312 e. The van der Waals surface area contributed by atoms with Crippen LogP contribution in [0.3, 0.4) is 0 Å². The number of piperidine rings is 1. The highest BCUT2D eigenvalue weighted by Gasteiger charge is 2.40. The second-order valence-electron chi connectivity index (χ2n) is 5.56. The summed E-state index contributed by atoms with van der Waals surface area (Å²) in [6, 6.07) is 2.16. The van der Waals surface area contributed by atoms with Crippen LogP contribution in [0, 0.1) is 19.8 Å². The van der Waals surface area contributed by atoms with Crippen molar-refractivity contribution in [3.05, 3.63) is 15.8 Å². The van der Waals surface area contributed by atoms with Crippen LogP contribution >= 0.6 is 11.3 Å². The zero-order valence-corrected chi connectivity index (χ0v) is 13.0. The van der Waals surface area contributed by atoms with Gasteiger partial charge >= 0.3 is 0 Å². The molecule has 4 nitrogen and oxygen atoms in total. The van der Waals surface area contributed by atoms with Gasteiger partial charge in [0.2, 0.25) is 10.0 Å². The Kier molecular flexibility index (Phi) is 3.45. The summed E-state index contributed by atoms with van der Waals surface area (Å²) in [5.74, 6) is 0.489. The van der Waals surface area contributed by atoms with Crippen molar-refractivity contribution in [2.24, 2.45) is 5.92 Å². The van der Waals surface area contributed by atoms with Crippen LogP contribution in [0.15, 0.2) is 11.0 Å². The van der Waals surface area contributed by atoms with Crippen LogP contribution in [0.2, 0.25) is 0 Å². The van der Waals surface area contributed by atoms with E-state index in [-0.39, 0.29) is 0 Å². The summed E-state index contributed by atoms with van der Waals surface area (Å²) >= 11 is 1.56. The summed E-state index contributed by atoms with van der Waals surface area (Å²) in [6.45, 7) is 6.18. The normalized spacial score (nSPS) is 28.5. The average Bonchev–Trinajstić information content (AvgIpc) is 2.92. The summed E-state index contributed by atoms with van der Waals surface area (Å²) in [4.78, 5) is 2.47. The van der Waals surface area contributed by atoms with Crippen LogP contribution in [-0.4, -0.2) is 38.4 Å². The number of nitrogens with zero attached hydrogens (tertiary/aromatic N) is 1.